The molecule has 0 N–H and O–H groups in total. The fourth-order valence-electron chi connectivity index (χ4n) is 3.24. The first kappa shape index (κ1) is 16.9. The average Bonchev–Trinajstić information content (AvgIpc) is 2.38. The van der Waals surface area contributed by atoms with E-state index < -0.39 is 8.07 Å². The van der Waals surface area contributed by atoms with Crippen molar-refractivity contribution >= 4 is 13.3 Å². The SMILES string of the molecule is Cc1cccc(C)c1-c1cc(C(C)C)c([Si](C)(C)C)c[n+]1C. The van der Waals surface area contributed by atoms with Gasteiger partial charge in [-0.1, -0.05) is 51.7 Å². The molecule has 1 aromatic heterocycles. The quantitative estimate of drug-likeness (QED) is 0.582. The van der Waals surface area contributed by atoms with Gasteiger partial charge < -0.3 is 0 Å². The van der Waals surface area contributed by atoms with Crippen LogP contribution < -0.4 is 9.75 Å². The first-order valence-electron chi connectivity index (χ1n) is 8.23. The maximum Gasteiger partial charge on any atom is 0.213 e. The summed E-state index contributed by atoms with van der Waals surface area (Å²) in [5, 5.41) is 1.58. The van der Waals surface area contributed by atoms with Crippen LogP contribution in [0.3, 0.4) is 0 Å². The molecule has 0 amide bonds. The zero-order valence-corrected chi connectivity index (χ0v) is 16.4. The van der Waals surface area contributed by atoms with Gasteiger partial charge in [0.15, 0.2) is 6.20 Å². The fraction of sp³-hybridized carbons (Fsp3) is 0.450. The predicted molar refractivity (Wildman–Crippen MR) is 99.6 cm³/mol. The number of hydrogen-bond acceptors (Lipinski definition) is 0. The molecule has 1 aromatic carbocycles. The van der Waals surface area contributed by atoms with E-state index in [4.69, 9.17) is 0 Å². The normalized spacial score (nSPS) is 12.0. The molecule has 118 valence electrons. The second-order valence-electron chi connectivity index (χ2n) is 7.81. The van der Waals surface area contributed by atoms with E-state index in [2.05, 4.69) is 89.4 Å². The smallest absolute Gasteiger partial charge is 0.201 e. The van der Waals surface area contributed by atoms with Crippen LogP contribution in [0.25, 0.3) is 11.3 Å². The number of nitrogens with zero attached hydrogens (tertiary/aromatic N) is 1. The summed E-state index contributed by atoms with van der Waals surface area (Å²) in [6.45, 7) is 16.4. The molecule has 2 aromatic rings. The Bertz CT molecular complexity index is 673. The molecule has 1 nitrogen and oxygen atoms in total. The summed E-state index contributed by atoms with van der Waals surface area (Å²) in [5.74, 6) is 0.561. The van der Waals surface area contributed by atoms with Crippen molar-refractivity contribution in [1.82, 2.24) is 0 Å². The standard InChI is InChI=1S/C20H30NSi/c1-14(2)17-12-18(20-15(3)10-9-11-16(20)4)21(5)13-19(17)22(6,7)8/h9-14H,1-8H3/q+1. The van der Waals surface area contributed by atoms with Crippen molar-refractivity contribution in [3.63, 3.8) is 0 Å². The largest absolute Gasteiger partial charge is 0.213 e. The molecule has 0 fully saturated rings. The molecule has 0 bridgehead atoms. The van der Waals surface area contributed by atoms with Crippen molar-refractivity contribution in [2.45, 2.75) is 53.3 Å². The highest BCUT2D eigenvalue weighted by molar-refractivity contribution is 6.89. The Kier molecular flexibility index (Phi) is 4.62. The molecular weight excluding hydrogens is 282 g/mol. The summed E-state index contributed by atoms with van der Waals surface area (Å²) in [6, 6.07) is 9.01. The van der Waals surface area contributed by atoms with Crippen molar-refractivity contribution < 1.29 is 4.57 Å². The van der Waals surface area contributed by atoms with Gasteiger partial charge in [-0.05, 0) is 36.5 Å². The Morgan fingerprint density at radius 2 is 1.55 bits per heavy atom. The van der Waals surface area contributed by atoms with Gasteiger partial charge in [-0.2, -0.15) is 0 Å². The van der Waals surface area contributed by atoms with Crippen molar-refractivity contribution in [2.24, 2.45) is 7.05 Å². The second-order valence-corrected chi connectivity index (χ2v) is 12.8. The molecule has 0 atom stereocenters. The van der Waals surface area contributed by atoms with Gasteiger partial charge in [0.05, 0.1) is 13.6 Å². The zero-order valence-electron chi connectivity index (χ0n) is 15.4. The Balaban J connectivity index is 2.77. The van der Waals surface area contributed by atoms with Crippen molar-refractivity contribution in [1.29, 1.82) is 0 Å². The minimum Gasteiger partial charge on any atom is -0.201 e. The molecule has 0 unspecified atom stereocenters. The predicted octanol–water partition coefficient (Wildman–Crippen LogP) is 4.46. The summed E-state index contributed by atoms with van der Waals surface area (Å²) >= 11 is 0. The van der Waals surface area contributed by atoms with Crippen LogP contribution in [-0.4, -0.2) is 8.07 Å². The van der Waals surface area contributed by atoms with Crippen LogP contribution in [0.1, 0.15) is 36.5 Å². The number of hydrogen-bond donors (Lipinski definition) is 0. The Labute approximate surface area is 137 Å². The molecule has 0 radical (unpaired) electrons. The van der Waals surface area contributed by atoms with Gasteiger partial charge >= 0.3 is 0 Å². The lowest BCUT2D eigenvalue weighted by Crippen LogP contribution is -2.47. The minimum atomic E-state index is -1.34. The molecule has 0 spiro atoms. The number of aryl methyl sites for hydroxylation is 3. The van der Waals surface area contributed by atoms with Crippen LogP contribution in [0.4, 0.5) is 0 Å². The number of aromatic nitrogens is 1. The van der Waals surface area contributed by atoms with Crippen molar-refractivity contribution in [3.05, 3.63) is 47.2 Å². The number of pyridine rings is 1. The molecule has 0 aliphatic rings. The number of rotatable bonds is 3. The van der Waals surface area contributed by atoms with Gasteiger partial charge in [-0.25, -0.2) is 4.57 Å². The molecule has 0 saturated heterocycles. The highest BCUT2D eigenvalue weighted by atomic mass is 28.3. The molecule has 0 aliphatic heterocycles. The number of benzene rings is 1. The van der Waals surface area contributed by atoms with Crippen molar-refractivity contribution in [2.75, 3.05) is 0 Å². The van der Waals surface area contributed by atoms with Crippen LogP contribution >= 0.6 is 0 Å². The molecular formula is C20H30NSi+. The lowest BCUT2D eigenvalue weighted by atomic mass is 9.96. The third-order valence-corrected chi connectivity index (χ3v) is 6.51. The van der Waals surface area contributed by atoms with E-state index in [9.17, 15) is 0 Å². The molecule has 1 heterocycles. The van der Waals surface area contributed by atoms with Gasteiger partial charge in [0.25, 0.3) is 0 Å². The summed E-state index contributed by atoms with van der Waals surface area (Å²) in [5.41, 5.74) is 6.95. The van der Waals surface area contributed by atoms with E-state index in [1.54, 1.807) is 5.19 Å². The monoisotopic (exact) mass is 312 g/mol. The molecule has 0 aliphatic carbocycles. The highest BCUT2D eigenvalue weighted by Gasteiger charge is 2.27. The summed E-state index contributed by atoms with van der Waals surface area (Å²) < 4.78 is 2.33. The van der Waals surface area contributed by atoms with E-state index in [1.807, 2.05) is 0 Å². The first-order valence-corrected chi connectivity index (χ1v) is 11.7. The summed E-state index contributed by atoms with van der Waals surface area (Å²) in [7, 11) is 0.845. The van der Waals surface area contributed by atoms with Crippen LogP contribution in [0, 0.1) is 13.8 Å². The van der Waals surface area contributed by atoms with Crippen molar-refractivity contribution in [3.8, 4) is 11.3 Å². The van der Waals surface area contributed by atoms with Gasteiger partial charge in [0.2, 0.25) is 5.69 Å². The lowest BCUT2D eigenvalue weighted by molar-refractivity contribution is -0.659. The Morgan fingerprint density at radius 3 is 2.00 bits per heavy atom. The van der Waals surface area contributed by atoms with E-state index in [-0.39, 0.29) is 0 Å². The Morgan fingerprint density at radius 1 is 1.00 bits per heavy atom. The third kappa shape index (κ3) is 3.17. The van der Waals surface area contributed by atoms with Crippen LogP contribution in [0.5, 0.6) is 0 Å². The zero-order chi connectivity index (χ0) is 16.7. The molecule has 22 heavy (non-hydrogen) atoms. The van der Waals surface area contributed by atoms with Crippen LogP contribution in [0.15, 0.2) is 30.5 Å². The molecule has 0 saturated carbocycles. The Hall–Kier alpha value is -1.41. The molecule has 2 rings (SSSR count). The lowest BCUT2D eigenvalue weighted by Gasteiger charge is -2.22. The van der Waals surface area contributed by atoms with E-state index >= 15 is 0 Å². The highest BCUT2D eigenvalue weighted by Crippen LogP contribution is 2.27. The van der Waals surface area contributed by atoms with Gasteiger partial charge in [-0.15, -0.1) is 0 Å². The molecule has 2 heteroatoms. The maximum atomic E-state index is 2.44. The first-order chi connectivity index (χ1) is 10.1. The third-order valence-electron chi connectivity index (χ3n) is 4.47. The van der Waals surface area contributed by atoms with Crippen LogP contribution in [0.2, 0.25) is 19.6 Å². The topological polar surface area (TPSA) is 3.88 Å². The maximum absolute atomic E-state index is 2.44. The summed E-state index contributed by atoms with van der Waals surface area (Å²) in [4.78, 5) is 0. The van der Waals surface area contributed by atoms with Gasteiger partial charge in [0.1, 0.15) is 7.05 Å². The van der Waals surface area contributed by atoms with E-state index in [0.29, 0.717) is 5.92 Å². The van der Waals surface area contributed by atoms with Crippen LogP contribution in [-0.2, 0) is 7.05 Å². The fourth-order valence-corrected chi connectivity index (χ4v) is 5.04. The second kappa shape index (κ2) is 6.00. The minimum absolute atomic E-state index is 0.561. The average molecular weight is 313 g/mol. The van der Waals surface area contributed by atoms with E-state index in [1.165, 1.54) is 27.9 Å². The van der Waals surface area contributed by atoms with Gasteiger partial charge in [-0.3, -0.25) is 0 Å². The summed E-state index contributed by atoms with van der Waals surface area (Å²) in [6.07, 6.45) is 2.39. The van der Waals surface area contributed by atoms with E-state index in [0.717, 1.165) is 0 Å². The van der Waals surface area contributed by atoms with Gasteiger partial charge in [0, 0.05) is 11.3 Å².